The number of hydrogen-bond acceptors (Lipinski definition) is 2. The van der Waals surface area contributed by atoms with Crippen molar-refractivity contribution in [3.63, 3.8) is 0 Å². The Morgan fingerprint density at radius 1 is 0.296 bits per heavy atom. The molecule has 0 spiro atoms. The van der Waals surface area contributed by atoms with Crippen LogP contribution in [0.3, 0.4) is 0 Å². The molecule has 0 saturated heterocycles. The number of ether oxygens (including phenoxy) is 2. The van der Waals surface area contributed by atoms with Gasteiger partial charge in [-0.3, -0.25) is 0 Å². The van der Waals surface area contributed by atoms with Gasteiger partial charge in [0.2, 0.25) is 0 Å². The molecule has 6 heterocycles. The van der Waals surface area contributed by atoms with Gasteiger partial charge in [0.05, 0.1) is 33.1 Å². The highest BCUT2D eigenvalue weighted by atomic mass is 16.5. The van der Waals surface area contributed by atoms with Crippen LogP contribution in [0.15, 0.2) is 176 Å². The van der Waals surface area contributed by atoms with Crippen molar-refractivity contribution < 1.29 is 9.47 Å². The second-order valence-corrected chi connectivity index (χ2v) is 27.8. The van der Waals surface area contributed by atoms with Crippen LogP contribution in [-0.2, 0) is 21.7 Å². The summed E-state index contributed by atoms with van der Waals surface area (Å²) in [4.78, 5) is 0. The lowest BCUT2D eigenvalue weighted by molar-refractivity contribution is 0.469. The molecule has 4 nitrogen and oxygen atoms in total. The van der Waals surface area contributed by atoms with Crippen molar-refractivity contribution in [2.24, 2.45) is 0 Å². The Balaban J connectivity index is 0.955. The third kappa shape index (κ3) is 6.91. The van der Waals surface area contributed by atoms with Gasteiger partial charge in [-0.1, -0.05) is 223 Å². The lowest BCUT2D eigenvalue weighted by atomic mass is 9.34. The summed E-state index contributed by atoms with van der Waals surface area (Å²) in [5.74, 6) is 3.47. The van der Waals surface area contributed by atoms with Gasteiger partial charge >= 0.3 is 0 Å². The monoisotopic (exact) mass is 1050 g/mol. The molecule has 0 atom stereocenters. The summed E-state index contributed by atoms with van der Waals surface area (Å²) in [5.41, 5.74) is 22.8. The van der Waals surface area contributed by atoms with Gasteiger partial charge < -0.3 is 18.3 Å². The van der Waals surface area contributed by atoms with E-state index >= 15 is 0 Å². The molecule has 5 heteroatoms. The molecule has 10 aromatic carbocycles. The zero-order valence-corrected chi connectivity index (χ0v) is 48.5. The quantitative estimate of drug-likeness (QED) is 0.165. The smallest absolute Gasteiger partial charge is 0.260 e. The highest BCUT2D eigenvalue weighted by molar-refractivity contribution is 6.98. The van der Waals surface area contributed by atoms with Crippen molar-refractivity contribution in [2.45, 2.75) is 105 Å². The van der Waals surface area contributed by atoms with Crippen LogP contribution in [0.4, 0.5) is 0 Å². The molecule has 0 bridgehead atoms. The molecule has 0 unspecified atom stereocenters. The van der Waals surface area contributed by atoms with E-state index in [1.165, 1.54) is 110 Å². The lowest BCUT2D eigenvalue weighted by Crippen LogP contribution is -2.57. The summed E-state index contributed by atoms with van der Waals surface area (Å²) in [6.07, 6.45) is 0. The number of para-hydroxylation sites is 2. The Bertz CT molecular complexity index is 4700. The molecule has 0 saturated carbocycles. The Kier molecular flexibility index (Phi) is 9.62. The molecule has 2 aliphatic rings. The van der Waals surface area contributed by atoms with E-state index in [9.17, 15) is 0 Å². The van der Waals surface area contributed by atoms with Crippen LogP contribution in [0.5, 0.6) is 23.0 Å². The molecular weight excluding hydrogens is 984 g/mol. The molecule has 0 aliphatic carbocycles. The number of hydrogen-bond donors (Lipinski definition) is 0. The fourth-order valence-electron chi connectivity index (χ4n) is 14.0. The van der Waals surface area contributed by atoms with Gasteiger partial charge in [0.15, 0.2) is 0 Å². The first-order chi connectivity index (χ1) is 38.7. The molecule has 81 heavy (non-hydrogen) atoms. The Hall–Kier alpha value is -8.54. The third-order valence-electron chi connectivity index (χ3n) is 18.5. The maximum absolute atomic E-state index is 7.65. The van der Waals surface area contributed by atoms with Crippen molar-refractivity contribution in [3.05, 3.63) is 198 Å². The minimum absolute atomic E-state index is 0.0649. The predicted octanol–water partition coefficient (Wildman–Crippen LogP) is 18.9. The molecule has 0 radical (unpaired) electrons. The molecule has 394 valence electrons. The van der Waals surface area contributed by atoms with E-state index in [4.69, 9.17) is 9.47 Å². The van der Waals surface area contributed by atoms with Crippen LogP contribution in [0.25, 0.3) is 110 Å². The summed E-state index contributed by atoms with van der Waals surface area (Å²) in [5, 5.41) is 9.81. The SMILES string of the molecule is CC(C)(C)c1ccc(-c2ccc3c(c2)c2cccc4c5ccc6c(c5n3c24)Oc2cc(-c3cc(C(C)(C)C)cc(C(C)(C)C)c3)cc3c2B6c2ccc4c5cccc6c7cc(-c8ccc(C(C)(C)C)cc8)ccc7n(c4c2O3)c65)cc1. The van der Waals surface area contributed by atoms with Gasteiger partial charge in [-0.25, -0.2) is 0 Å². The molecule has 14 aromatic rings. The minimum Gasteiger partial charge on any atom is -0.456 e. The lowest BCUT2D eigenvalue weighted by Gasteiger charge is -2.34. The fourth-order valence-corrected chi connectivity index (χ4v) is 14.0. The first kappa shape index (κ1) is 48.4. The van der Waals surface area contributed by atoms with Gasteiger partial charge in [0, 0.05) is 48.6 Å². The summed E-state index contributed by atoms with van der Waals surface area (Å²) in [6, 6.07) is 67.2. The van der Waals surface area contributed by atoms with Crippen LogP contribution in [0.1, 0.15) is 105 Å². The van der Waals surface area contributed by atoms with E-state index in [0.29, 0.717) is 0 Å². The van der Waals surface area contributed by atoms with Crippen LogP contribution in [-0.4, -0.2) is 15.5 Å². The highest BCUT2D eigenvalue weighted by Gasteiger charge is 2.43. The highest BCUT2D eigenvalue weighted by Crippen LogP contribution is 2.50. The first-order valence-electron chi connectivity index (χ1n) is 29.1. The Morgan fingerprint density at radius 3 is 1.05 bits per heavy atom. The normalized spacial score (nSPS) is 13.9. The summed E-state index contributed by atoms with van der Waals surface area (Å²) >= 11 is 0. The minimum atomic E-state index is -0.175. The largest absolute Gasteiger partial charge is 0.456 e. The second-order valence-electron chi connectivity index (χ2n) is 27.8. The van der Waals surface area contributed by atoms with Crippen molar-refractivity contribution in [2.75, 3.05) is 0 Å². The molecule has 4 aromatic heterocycles. The number of benzene rings is 10. The van der Waals surface area contributed by atoms with Gasteiger partial charge in [-0.2, -0.15) is 0 Å². The number of nitrogens with zero attached hydrogens (tertiary/aromatic N) is 2. The number of rotatable bonds is 3. The summed E-state index contributed by atoms with van der Waals surface area (Å²) in [6.45, 7) is 27.4. The van der Waals surface area contributed by atoms with Gasteiger partial charge in [-0.15, -0.1) is 0 Å². The van der Waals surface area contributed by atoms with Crippen molar-refractivity contribution >= 4 is 99.3 Å². The van der Waals surface area contributed by atoms with Crippen LogP contribution in [0, 0.1) is 0 Å². The topological polar surface area (TPSA) is 27.3 Å². The second kappa shape index (κ2) is 16.1. The Morgan fingerprint density at radius 2 is 0.654 bits per heavy atom. The number of aromatic nitrogens is 2. The number of fused-ring (bicyclic) bond motifs is 18. The maximum atomic E-state index is 7.65. The summed E-state index contributed by atoms with van der Waals surface area (Å²) in [7, 11) is 0. The van der Waals surface area contributed by atoms with Crippen molar-refractivity contribution in [1.29, 1.82) is 0 Å². The van der Waals surface area contributed by atoms with Gasteiger partial charge in [0.1, 0.15) is 23.0 Å². The average Bonchev–Trinajstić information content (AvgIpc) is 2.35. The molecule has 0 fully saturated rings. The zero-order valence-electron chi connectivity index (χ0n) is 48.5. The van der Waals surface area contributed by atoms with Gasteiger partial charge in [0.25, 0.3) is 6.71 Å². The molecule has 2 aliphatic heterocycles. The zero-order chi connectivity index (χ0) is 55.6. The fraction of sp³-hybridized carbons (Fsp3) is 0.211. The van der Waals surface area contributed by atoms with E-state index in [1.54, 1.807) is 0 Å². The molecule has 0 N–H and O–H groups in total. The van der Waals surface area contributed by atoms with Crippen LogP contribution in [0.2, 0.25) is 0 Å². The molecule has 0 amide bonds. The van der Waals surface area contributed by atoms with E-state index in [0.717, 1.165) is 61.5 Å². The average molecular weight is 1050 g/mol. The standard InChI is InChI=1S/C76H65BN2O2/c1-73(2,3)48-25-19-42(20-26-48)44-23-33-62-58(37-44)54-17-13-15-52-56-29-31-60-71(69(56)78(62)67(52)54)80-64-39-47(46-35-50(75(7,8)9)41-51(36-46)76(10,11)12)40-65-66(64)77(60)61-32-30-57-53-16-14-18-55-59-38-45(43-21-27-49(28-22-43)74(4,5)6)24-34-63(59)79(68(53)55)70(57)72(61)81-65/h13-41H,1-12H3. The predicted molar refractivity (Wildman–Crippen MR) is 345 cm³/mol. The first-order valence-corrected chi connectivity index (χ1v) is 29.1. The van der Waals surface area contributed by atoms with E-state index in [2.05, 4.69) is 268 Å². The van der Waals surface area contributed by atoms with E-state index < -0.39 is 0 Å². The van der Waals surface area contributed by atoms with E-state index in [1.807, 2.05) is 0 Å². The van der Waals surface area contributed by atoms with Crippen molar-refractivity contribution in [1.82, 2.24) is 8.80 Å². The van der Waals surface area contributed by atoms with Crippen LogP contribution >= 0.6 is 0 Å². The van der Waals surface area contributed by atoms with Gasteiger partial charge in [-0.05, 0) is 125 Å². The molecular formula is C76H65BN2O2. The van der Waals surface area contributed by atoms with E-state index in [-0.39, 0.29) is 28.4 Å². The molecule has 16 rings (SSSR count). The maximum Gasteiger partial charge on any atom is 0.260 e. The third-order valence-corrected chi connectivity index (χ3v) is 18.5. The Labute approximate surface area is 474 Å². The van der Waals surface area contributed by atoms with Crippen LogP contribution < -0.4 is 25.9 Å². The summed E-state index contributed by atoms with van der Waals surface area (Å²) < 4.78 is 20.3. The van der Waals surface area contributed by atoms with Crippen molar-refractivity contribution in [3.8, 4) is 56.4 Å².